The fourth-order valence-electron chi connectivity index (χ4n) is 2.12. The molecule has 2 rings (SSSR count). The van der Waals surface area contributed by atoms with Crippen LogP contribution in [0, 0.1) is 0 Å². The van der Waals surface area contributed by atoms with Gasteiger partial charge in [-0.05, 0) is 12.6 Å². The second-order valence-electron chi connectivity index (χ2n) is 4.78. The van der Waals surface area contributed by atoms with Crippen molar-refractivity contribution in [1.82, 2.24) is 10.2 Å². The standard InChI is InChI=1S/C14H20N2O3/c1-16-7-8-19-13(9-16)14(18)15-12(10-17)11-5-3-2-4-6-11/h2-6,12-13,17H,7-10H2,1H3,(H,15,18). The first-order valence-electron chi connectivity index (χ1n) is 6.47. The Hall–Kier alpha value is -1.43. The molecule has 5 heteroatoms. The number of nitrogens with zero attached hydrogens (tertiary/aromatic N) is 1. The Morgan fingerprint density at radius 3 is 2.89 bits per heavy atom. The molecule has 0 aliphatic carbocycles. The molecule has 2 unspecified atom stereocenters. The van der Waals surface area contributed by atoms with E-state index < -0.39 is 6.10 Å². The molecule has 1 aliphatic heterocycles. The van der Waals surface area contributed by atoms with Gasteiger partial charge in [-0.1, -0.05) is 30.3 Å². The number of benzene rings is 1. The number of morpholine rings is 1. The summed E-state index contributed by atoms with van der Waals surface area (Å²) < 4.78 is 5.46. The lowest BCUT2D eigenvalue weighted by molar-refractivity contribution is -0.138. The van der Waals surface area contributed by atoms with Gasteiger partial charge in [0.2, 0.25) is 0 Å². The van der Waals surface area contributed by atoms with E-state index in [-0.39, 0.29) is 18.6 Å². The summed E-state index contributed by atoms with van der Waals surface area (Å²) in [7, 11) is 1.96. The van der Waals surface area contributed by atoms with Gasteiger partial charge >= 0.3 is 0 Å². The Morgan fingerprint density at radius 1 is 1.53 bits per heavy atom. The van der Waals surface area contributed by atoms with Gasteiger partial charge in [0.1, 0.15) is 6.10 Å². The highest BCUT2D eigenvalue weighted by Crippen LogP contribution is 2.13. The van der Waals surface area contributed by atoms with Gasteiger partial charge in [0.05, 0.1) is 19.3 Å². The molecule has 0 radical (unpaired) electrons. The Balaban J connectivity index is 1.96. The number of aliphatic hydroxyl groups excluding tert-OH is 1. The zero-order chi connectivity index (χ0) is 13.7. The van der Waals surface area contributed by atoms with Gasteiger partial charge < -0.3 is 20.1 Å². The average molecular weight is 264 g/mol. The predicted molar refractivity (Wildman–Crippen MR) is 71.6 cm³/mol. The van der Waals surface area contributed by atoms with Crippen LogP contribution < -0.4 is 5.32 Å². The van der Waals surface area contributed by atoms with Gasteiger partial charge in [-0.25, -0.2) is 0 Å². The van der Waals surface area contributed by atoms with Gasteiger partial charge in [0, 0.05) is 13.1 Å². The third-order valence-electron chi connectivity index (χ3n) is 3.26. The maximum Gasteiger partial charge on any atom is 0.251 e. The summed E-state index contributed by atoms with van der Waals surface area (Å²) in [5.74, 6) is -0.172. The average Bonchev–Trinajstić information content (AvgIpc) is 2.45. The quantitative estimate of drug-likeness (QED) is 0.813. The van der Waals surface area contributed by atoms with Crippen LogP contribution in [0.4, 0.5) is 0 Å². The Morgan fingerprint density at radius 2 is 2.26 bits per heavy atom. The molecule has 1 amide bonds. The summed E-state index contributed by atoms with van der Waals surface area (Å²) in [5.41, 5.74) is 0.891. The molecule has 1 aromatic rings. The second kappa shape index (κ2) is 6.65. The van der Waals surface area contributed by atoms with Crippen molar-refractivity contribution in [2.75, 3.05) is 33.4 Å². The fraction of sp³-hybridized carbons (Fsp3) is 0.500. The van der Waals surface area contributed by atoms with E-state index in [1.165, 1.54) is 0 Å². The first-order chi connectivity index (χ1) is 9.20. The van der Waals surface area contributed by atoms with Crippen LogP contribution >= 0.6 is 0 Å². The van der Waals surface area contributed by atoms with Gasteiger partial charge in [-0.2, -0.15) is 0 Å². The Labute approximate surface area is 113 Å². The zero-order valence-electron chi connectivity index (χ0n) is 11.1. The highest BCUT2D eigenvalue weighted by Gasteiger charge is 2.26. The van der Waals surface area contributed by atoms with E-state index in [0.29, 0.717) is 13.2 Å². The molecule has 1 fully saturated rings. The van der Waals surface area contributed by atoms with E-state index in [9.17, 15) is 9.90 Å². The number of ether oxygens (including phenoxy) is 1. The van der Waals surface area contributed by atoms with Crippen LogP contribution in [0.5, 0.6) is 0 Å². The third kappa shape index (κ3) is 3.76. The highest BCUT2D eigenvalue weighted by atomic mass is 16.5. The first kappa shape index (κ1) is 14.0. The van der Waals surface area contributed by atoms with Crippen molar-refractivity contribution in [2.45, 2.75) is 12.1 Å². The molecule has 1 aliphatic rings. The minimum Gasteiger partial charge on any atom is -0.394 e. The molecular formula is C14H20N2O3. The van der Waals surface area contributed by atoms with E-state index in [2.05, 4.69) is 10.2 Å². The van der Waals surface area contributed by atoms with E-state index >= 15 is 0 Å². The monoisotopic (exact) mass is 264 g/mol. The number of amides is 1. The second-order valence-corrected chi connectivity index (χ2v) is 4.78. The minimum atomic E-state index is -0.462. The number of rotatable bonds is 4. The fourth-order valence-corrected chi connectivity index (χ4v) is 2.12. The van der Waals surface area contributed by atoms with Crippen LogP contribution in [0.25, 0.3) is 0 Å². The molecule has 0 saturated carbocycles. The molecule has 2 atom stereocenters. The largest absolute Gasteiger partial charge is 0.394 e. The van der Waals surface area contributed by atoms with E-state index in [1.54, 1.807) is 0 Å². The number of likely N-dealkylation sites (N-methyl/N-ethyl adjacent to an activating group) is 1. The minimum absolute atomic E-state index is 0.127. The molecule has 1 aromatic carbocycles. The molecule has 0 bridgehead atoms. The first-order valence-corrected chi connectivity index (χ1v) is 6.47. The normalized spacial score (nSPS) is 21.9. The van der Waals surface area contributed by atoms with Crippen LogP contribution in [0.3, 0.4) is 0 Å². The van der Waals surface area contributed by atoms with Gasteiger partial charge in [-0.15, -0.1) is 0 Å². The van der Waals surface area contributed by atoms with Gasteiger partial charge in [-0.3, -0.25) is 4.79 Å². The molecule has 104 valence electrons. The molecule has 1 heterocycles. The third-order valence-corrected chi connectivity index (χ3v) is 3.26. The van der Waals surface area contributed by atoms with E-state index in [1.807, 2.05) is 37.4 Å². The van der Waals surface area contributed by atoms with Crippen molar-refractivity contribution in [3.05, 3.63) is 35.9 Å². The zero-order valence-corrected chi connectivity index (χ0v) is 11.1. The van der Waals surface area contributed by atoms with E-state index in [0.717, 1.165) is 12.1 Å². The topological polar surface area (TPSA) is 61.8 Å². The number of carbonyl (C=O) groups excluding carboxylic acids is 1. The summed E-state index contributed by atoms with van der Waals surface area (Å²) >= 11 is 0. The van der Waals surface area contributed by atoms with Gasteiger partial charge in [0.15, 0.2) is 0 Å². The molecule has 2 N–H and O–H groups in total. The molecule has 0 spiro atoms. The van der Waals surface area contributed by atoms with Crippen molar-refractivity contribution in [3.63, 3.8) is 0 Å². The summed E-state index contributed by atoms with van der Waals surface area (Å²) in [6, 6.07) is 9.05. The van der Waals surface area contributed by atoms with Crippen molar-refractivity contribution >= 4 is 5.91 Å². The number of hydrogen-bond donors (Lipinski definition) is 2. The van der Waals surface area contributed by atoms with E-state index in [4.69, 9.17) is 4.74 Å². The van der Waals surface area contributed by atoms with Crippen LogP contribution in [0.1, 0.15) is 11.6 Å². The van der Waals surface area contributed by atoms with Crippen molar-refractivity contribution in [1.29, 1.82) is 0 Å². The van der Waals surface area contributed by atoms with Crippen LogP contribution in [0.15, 0.2) is 30.3 Å². The van der Waals surface area contributed by atoms with Crippen molar-refractivity contribution in [2.24, 2.45) is 0 Å². The molecule has 1 saturated heterocycles. The van der Waals surface area contributed by atoms with Crippen molar-refractivity contribution < 1.29 is 14.6 Å². The van der Waals surface area contributed by atoms with Crippen molar-refractivity contribution in [3.8, 4) is 0 Å². The maximum atomic E-state index is 12.1. The number of nitrogens with one attached hydrogen (secondary N) is 1. The predicted octanol–water partition coefficient (Wildman–Crippen LogP) is 0.167. The summed E-state index contributed by atoms with van der Waals surface area (Å²) in [5, 5.41) is 12.2. The summed E-state index contributed by atoms with van der Waals surface area (Å²) in [4.78, 5) is 14.2. The molecule has 19 heavy (non-hydrogen) atoms. The maximum absolute atomic E-state index is 12.1. The molecule has 5 nitrogen and oxygen atoms in total. The van der Waals surface area contributed by atoms with Gasteiger partial charge in [0.25, 0.3) is 5.91 Å². The highest BCUT2D eigenvalue weighted by molar-refractivity contribution is 5.81. The number of aliphatic hydroxyl groups is 1. The lowest BCUT2D eigenvalue weighted by Crippen LogP contribution is -2.49. The van der Waals surface area contributed by atoms with Crippen LogP contribution in [-0.4, -0.2) is 55.4 Å². The lowest BCUT2D eigenvalue weighted by Gasteiger charge is -2.30. The molecular weight excluding hydrogens is 244 g/mol. The Kier molecular flexibility index (Phi) is 4.90. The lowest BCUT2D eigenvalue weighted by atomic mass is 10.1. The number of hydrogen-bond acceptors (Lipinski definition) is 4. The van der Waals surface area contributed by atoms with Crippen LogP contribution in [-0.2, 0) is 9.53 Å². The molecule has 0 aromatic heterocycles. The smallest absolute Gasteiger partial charge is 0.251 e. The number of carbonyl (C=O) groups is 1. The summed E-state index contributed by atoms with van der Waals surface area (Å²) in [6.45, 7) is 1.85. The van der Waals surface area contributed by atoms with Crippen LogP contribution in [0.2, 0.25) is 0 Å². The summed E-state index contributed by atoms with van der Waals surface area (Å²) in [6.07, 6.45) is -0.462. The SMILES string of the molecule is CN1CCOC(C(=O)NC(CO)c2ccccc2)C1. The Bertz CT molecular complexity index is 410.